The number of nitrogens with one attached hydrogen (secondary N) is 2. The molecule has 2 aromatic rings. The highest BCUT2D eigenvalue weighted by atomic mass is 79.9. The van der Waals surface area contributed by atoms with Crippen LogP contribution in [0.2, 0.25) is 0 Å². The maximum Gasteiger partial charge on any atom is 0.270 e. The van der Waals surface area contributed by atoms with Crippen molar-refractivity contribution >= 4 is 37.3 Å². The molecule has 0 radical (unpaired) electrons. The minimum atomic E-state index is -3.55. The second kappa shape index (κ2) is 7.73. The molecule has 7 nitrogen and oxygen atoms in total. The first-order chi connectivity index (χ1) is 11.3. The summed E-state index contributed by atoms with van der Waals surface area (Å²) in [6.45, 7) is 2.40. The van der Waals surface area contributed by atoms with Gasteiger partial charge in [-0.25, -0.2) is 13.1 Å². The molecule has 0 saturated heterocycles. The zero-order valence-electron chi connectivity index (χ0n) is 12.8. The van der Waals surface area contributed by atoms with E-state index in [1.807, 2.05) is 6.92 Å². The second-order valence-electron chi connectivity index (χ2n) is 5.06. The van der Waals surface area contributed by atoms with Gasteiger partial charge in [-0.05, 0) is 41.1 Å². The Bertz CT molecular complexity index is 838. The van der Waals surface area contributed by atoms with Crippen LogP contribution in [0, 0.1) is 17.0 Å². The van der Waals surface area contributed by atoms with Gasteiger partial charge in [0.2, 0.25) is 10.0 Å². The number of hydrogen-bond donors (Lipinski definition) is 2. The van der Waals surface area contributed by atoms with Crippen molar-refractivity contribution < 1.29 is 13.3 Å². The van der Waals surface area contributed by atoms with Crippen molar-refractivity contribution in [2.45, 2.75) is 11.8 Å². The molecule has 0 unspecified atom stereocenters. The lowest BCUT2D eigenvalue weighted by Crippen LogP contribution is -2.29. The number of sulfonamides is 1. The Labute approximate surface area is 148 Å². The Balaban J connectivity index is 1.91. The van der Waals surface area contributed by atoms with Crippen molar-refractivity contribution in [3.8, 4) is 0 Å². The van der Waals surface area contributed by atoms with Gasteiger partial charge in [0.05, 0.1) is 9.82 Å². The summed E-state index contributed by atoms with van der Waals surface area (Å²) in [6.07, 6.45) is 0. The number of nitro groups is 1. The Morgan fingerprint density at radius 1 is 1.12 bits per heavy atom. The average Bonchev–Trinajstić information content (AvgIpc) is 2.53. The van der Waals surface area contributed by atoms with Crippen LogP contribution in [-0.2, 0) is 10.0 Å². The highest BCUT2D eigenvalue weighted by Crippen LogP contribution is 2.26. The molecule has 0 fully saturated rings. The molecule has 0 atom stereocenters. The number of anilines is 1. The van der Waals surface area contributed by atoms with Gasteiger partial charge < -0.3 is 5.32 Å². The van der Waals surface area contributed by atoms with Gasteiger partial charge in [0.1, 0.15) is 0 Å². The number of rotatable bonds is 7. The summed E-state index contributed by atoms with van der Waals surface area (Å²) in [4.78, 5) is 10.4. The molecule has 0 amide bonds. The molecule has 0 spiro atoms. The highest BCUT2D eigenvalue weighted by Gasteiger charge is 2.13. The summed E-state index contributed by atoms with van der Waals surface area (Å²) in [5.41, 5.74) is 1.61. The van der Waals surface area contributed by atoms with Gasteiger partial charge in [-0.15, -0.1) is 0 Å². The Morgan fingerprint density at radius 2 is 1.79 bits per heavy atom. The molecular weight excluding hydrogens is 398 g/mol. The predicted octanol–water partition coefficient (Wildman–Crippen LogP) is 3.06. The molecular formula is C15H16BrN3O4S. The summed E-state index contributed by atoms with van der Waals surface area (Å²) in [5.74, 6) is 0. The maximum atomic E-state index is 12.1. The molecule has 0 aliphatic carbocycles. The van der Waals surface area contributed by atoms with E-state index in [1.165, 1.54) is 12.1 Å². The first-order valence-corrected chi connectivity index (χ1v) is 9.31. The smallest absolute Gasteiger partial charge is 0.270 e. The third kappa shape index (κ3) is 4.76. The fourth-order valence-electron chi connectivity index (χ4n) is 1.94. The van der Waals surface area contributed by atoms with Crippen LogP contribution in [0.15, 0.2) is 51.8 Å². The monoisotopic (exact) mass is 413 g/mol. The topological polar surface area (TPSA) is 101 Å². The van der Waals surface area contributed by atoms with Crippen molar-refractivity contribution in [3.63, 3.8) is 0 Å². The number of nitrogens with zero attached hydrogens (tertiary/aromatic N) is 1. The van der Waals surface area contributed by atoms with Crippen molar-refractivity contribution in [1.29, 1.82) is 0 Å². The third-order valence-electron chi connectivity index (χ3n) is 3.23. The SMILES string of the molecule is Cc1ccc(S(=O)(=O)NCCNc2ccc([N+](=O)[O-])cc2Br)cc1. The first kappa shape index (κ1) is 18.4. The second-order valence-corrected chi connectivity index (χ2v) is 7.68. The van der Waals surface area contributed by atoms with Gasteiger partial charge in [0.15, 0.2) is 0 Å². The molecule has 24 heavy (non-hydrogen) atoms. The number of benzene rings is 2. The van der Waals surface area contributed by atoms with Crippen LogP contribution >= 0.6 is 15.9 Å². The quantitative estimate of drug-likeness (QED) is 0.412. The Morgan fingerprint density at radius 3 is 2.38 bits per heavy atom. The van der Waals surface area contributed by atoms with Gasteiger partial charge in [0.25, 0.3) is 5.69 Å². The zero-order chi connectivity index (χ0) is 17.7. The molecule has 0 bridgehead atoms. The van der Waals surface area contributed by atoms with E-state index >= 15 is 0 Å². The van der Waals surface area contributed by atoms with Gasteiger partial charge in [-0.2, -0.15) is 0 Å². The van der Waals surface area contributed by atoms with E-state index in [-0.39, 0.29) is 17.1 Å². The van der Waals surface area contributed by atoms with Crippen LogP contribution in [0.5, 0.6) is 0 Å². The molecule has 2 N–H and O–H groups in total. The number of hydrogen-bond acceptors (Lipinski definition) is 5. The van der Waals surface area contributed by atoms with Crippen molar-refractivity contribution in [3.05, 3.63) is 62.6 Å². The molecule has 9 heteroatoms. The van der Waals surface area contributed by atoms with Crippen molar-refractivity contribution in [1.82, 2.24) is 4.72 Å². The lowest BCUT2D eigenvalue weighted by Gasteiger charge is -2.10. The van der Waals surface area contributed by atoms with E-state index in [2.05, 4.69) is 26.0 Å². The summed E-state index contributed by atoms with van der Waals surface area (Å²) in [6, 6.07) is 10.9. The Hall–Kier alpha value is -1.97. The van der Waals surface area contributed by atoms with Crippen molar-refractivity contribution in [2.75, 3.05) is 18.4 Å². The fourth-order valence-corrected chi connectivity index (χ4v) is 3.48. The van der Waals surface area contributed by atoms with Gasteiger partial charge in [-0.1, -0.05) is 17.7 Å². The normalized spacial score (nSPS) is 11.2. The molecule has 128 valence electrons. The van der Waals surface area contributed by atoms with Gasteiger partial charge in [0, 0.05) is 35.4 Å². The van der Waals surface area contributed by atoms with Crippen LogP contribution in [-0.4, -0.2) is 26.4 Å². The zero-order valence-corrected chi connectivity index (χ0v) is 15.2. The third-order valence-corrected chi connectivity index (χ3v) is 5.36. The van der Waals surface area contributed by atoms with E-state index < -0.39 is 14.9 Å². The molecule has 0 aliphatic rings. The number of aryl methyl sites for hydroxylation is 1. The van der Waals surface area contributed by atoms with E-state index in [1.54, 1.807) is 30.3 Å². The average molecular weight is 414 g/mol. The predicted molar refractivity (Wildman–Crippen MR) is 95.7 cm³/mol. The Kier molecular flexibility index (Phi) is 5.92. The van der Waals surface area contributed by atoms with Crippen LogP contribution in [0.3, 0.4) is 0 Å². The van der Waals surface area contributed by atoms with Crippen LogP contribution in [0.4, 0.5) is 11.4 Å². The molecule has 0 aliphatic heterocycles. The van der Waals surface area contributed by atoms with Gasteiger partial charge >= 0.3 is 0 Å². The maximum absolute atomic E-state index is 12.1. The van der Waals surface area contributed by atoms with Gasteiger partial charge in [-0.3, -0.25) is 10.1 Å². The highest BCUT2D eigenvalue weighted by molar-refractivity contribution is 9.10. The number of nitro benzene ring substituents is 1. The summed E-state index contributed by atoms with van der Waals surface area (Å²) in [7, 11) is -3.55. The molecule has 2 rings (SSSR count). The van der Waals surface area contributed by atoms with Crippen LogP contribution in [0.25, 0.3) is 0 Å². The first-order valence-electron chi connectivity index (χ1n) is 7.04. The van der Waals surface area contributed by atoms with E-state index in [0.29, 0.717) is 16.7 Å². The summed E-state index contributed by atoms with van der Waals surface area (Å²) >= 11 is 3.24. The van der Waals surface area contributed by atoms with E-state index in [4.69, 9.17) is 0 Å². The number of non-ortho nitro benzene ring substituents is 1. The lowest BCUT2D eigenvalue weighted by molar-refractivity contribution is -0.384. The standard InChI is InChI=1S/C15H16BrN3O4S/c1-11-2-5-13(6-3-11)24(22,23)18-9-8-17-15-7-4-12(19(20)21)10-14(15)16/h2-7,10,17-18H,8-9H2,1H3. The van der Waals surface area contributed by atoms with E-state index in [0.717, 1.165) is 5.56 Å². The summed E-state index contributed by atoms with van der Waals surface area (Å²) in [5, 5.41) is 13.7. The lowest BCUT2D eigenvalue weighted by atomic mass is 10.2. The van der Waals surface area contributed by atoms with E-state index in [9.17, 15) is 18.5 Å². The number of halogens is 1. The molecule has 0 aromatic heterocycles. The van der Waals surface area contributed by atoms with Crippen LogP contribution < -0.4 is 10.0 Å². The summed E-state index contributed by atoms with van der Waals surface area (Å²) < 4.78 is 27.3. The molecule has 2 aromatic carbocycles. The minimum Gasteiger partial charge on any atom is -0.383 e. The molecule has 0 heterocycles. The van der Waals surface area contributed by atoms with Crippen LogP contribution in [0.1, 0.15) is 5.56 Å². The molecule has 0 saturated carbocycles. The fraction of sp³-hybridized carbons (Fsp3) is 0.200. The minimum absolute atomic E-state index is 0.0208. The largest absolute Gasteiger partial charge is 0.383 e. The van der Waals surface area contributed by atoms with Crippen molar-refractivity contribution in [2.24, 2.45) is 0 Å².